The van der Waals surface area contributed by atoms with Gasteiger partial charge in [-0.05, 0) is 55.9 Å². The molecule has 2 aromatic heterocycles. The number of fused-ring (bicyclic) bond motifs is 4. The van der Waals surface area contributed by atoms with E-state index in [9.17, 15) is 14.7 Å². The SMILES string of the molecule is CC[C@](C)(O)c1c(N)c2n(c(=O)c1COC=O)Cc1c-2nc2ccccc2c1CCS(C)(C)C. The highest BCUT2D eigenvalue weighted by molar-refractivity contribution is 8.32. The van der Waals surface area contributed by atoms with Crippen molar-refractivity contribution < 1.29 is 14.6 Å². The Labute approximate surface area is 201 Å². The number of anilines is 1. The van der Waals surface area contributed by atoms with E-state index in [1.165, 1.54) is 5.56 Å². The van der Waals surface area contributed by atoms with E-state index in [4.69, 9.17) is 15.5 Å². The Morgan fingerprint density at radius 2 is 1.97 bits per heavy atom. The maximum atomic E-state index is 13.7. The minimum atomic E-state index is -1.36. The molecule has 7 nitrogen and oxygen atoms in total. The van der Waals surface area contributed by atoms with Crippen LogP contribution in [0, 0.1) is 0 Å². The highest BCUT2D eigenvalue weighted by atomic mass is 32.3. The van der Waals surface area contributed by atoms with Gasteiger partial charge < -0.3 is 20.1 Å². The molecule has 0 spiro atoms. The molecule has 1 aromatic carbocycles. The fourth-order valence-corrected chi connectivity index (χ4v) is 5.60. The van der Waals surface area contributed by atoms with Crippen molar-refractivity contribution >= 4 is 33.1 Å². The van der Waals surface area contributed by atoms with Crippen LogP contribution in [0.3, 0.4) is 0 Å². The summed E-state index contributed by atoms with van der Waals surface area (Å²) in [6.45, 7) is 3.85. The van der Waals surface area contributed by atoms with Crippen molar-refractivity contribution in [2.45, 2.75) is 45.4 Å². The molecule has 1 aliphatic heterocycles. The normalized spacial score (nSPS) is 15.0. The van der Waals surface area contributed by atoms with Crippen LogP contribution >= 0.6 is 10.0 Å². The van der Waals surface area contributed by atoms with Gasteiger partial charge in [0.05, 0.1) is 40.3 Å². The van der Waals surface area contributed by atoms with Gasteiger partial charge in [0.1, 0.15) is 6.61 Å². The molecular formula is C26H33N3O4S. The van der Waals surface area contributed by atoms with Gasteiger partial charge in [0.15, 0.2) is 0 Å². The number of nitrogens with zero attached hydrogens (tertiary/aromatic N) is 2. The summed E-state index contributed by atoms with van der Waals surface area (Å²) < 4.78 is 6.59. The van der Waals surface area contributed by atoms with Crippen LogP contribution in [0.2, 0.25) is 0 Å². The van der Waals surface area contributed by atoms with E-state index in [1.807, 2.05) is 25.1 Å². The number of rotatable bonds is 8. The zero-order chi connectivity index (χ0) is 24.8. The van der Waals surface area contributed by atoms with Crippen LogP contribution in [0.1, 0.15) is 42.5 Å². The molecule has 34 heavy (non-hydrogen) atoms. The minimum Gasteiger partial charge on any atom is -0.463 e. The first-order chi connectivity index (χ1) is 16.0. The van der Waals surface area contributed by atoms with Gasteiger partial charge in [0, 0.05) is 16.5 Å². The van der Waals surface area contributed by atoms with Gasteiger partial charge in [0.25, 0.3) is 12.0 Å². The summed E-state index contributed by atoms with van der Waals surface area (Å²) in [7, 11) is -0.735. The number of para-hydroxylation sites is 1. The number of hydrogen-bond acceptors (Lipinski definition) is 6. The number of benzene rings is 1. The molecule has 182 valence electrons. The molecule has 3 N–H and O–H groups in total. The number of hydrogen-bond donors (Lipinski definition) is 2. The molecule has 0 aliphatic carbocycles. The molecule has 0 bridgehead atoms. The van der Waals surface area contributed by atoms with Crippen LogP contribution in [-0.4, -0.2) is 45.6 Å². The fourth-order valence-electron chi connectivity index (χ4n) is 4.79. The van der Waals surface area contributed by atoms with E-state index >= 15 is 0 Å². The molecule has 4 rings (SSSR count). The van der Waals surface area contributed by atoms with E-state index < -0.39 is 15.6 Å². The van der Waals surface area contributed by atoms with Gasteiger partial charge in [0.2, 0.25) is 0 Å². The standard InChI is InChI=1S/C26H33N3O4S/c1-6-26(2,32)21-19(14-33-15-30)25(31)29-13-18-16(11-12-34(3,4)5)17-9-7-8-10-20(17)28-23(18)24(29)22(21)27/h7-10,15,32H,6,11-14,27H2,1-5H3/t26-/m0/s1. The number of pyridine rings is 2. The summed E-state index contributed by atoms with van der Waals surface area (Å²) in [4.78, 5) is 29.5. The second-order valence-electron chi connectivity index (χ2n) is 10.0. The molecule has 0 unspecified atom stereocenters. The Bertz CT molecular complexity index is 1340. The molecular weight excluding hydrogens is 450 g/mol. The third-order valence-corrected chi connectivity index (χ3v) is 8.17. The predicted octanol–water partition coefficient (Wildman–Crippen LogP) is 3.53. The zero-order valence-electron chi connectivity index (χ0n) is 20.5. The molecule has 0 fully saturated rings. The summed E-state index contributed by atoms with van der Waals surface area (Å²) in [6, 6.07) is 8.04. The first kappa shape index (κ1) is 24.3. The van der Waals surface area contributed by atoms with Crippen molar-refractivity contribution in [3.8, 4) is 11.4 Å². The highest BCUT2D eigenvalue weighted by Crippen LogP contribution is 2.44. The van der Waals surface area contributed by atoms with Crippen molar-refractivity contribution in [2.75, 3.05) is 30.3 Å². The average molecular weight is 484 g/mol. The molecule has 0 radical (unpaired) electrons. The summed E-state index contributed by atoms with van der Waals surface area (Å²) in [6.07, 6.45) is 8.12. The highest BCUT2D eigenvalue weighted by Gasteiger charge is 2.36. The monoisotopic (exact) mass is 483 g/mol. The van der Waals surface area contributed by atoms with E-state index in [0.29, 0.717) is 42.1 Å². The lowest BCUT2D eigenvalue weighted by molar-refractivity contribution is -0.129. The van der Waals surface area contributed by atoms with Crippen molar-refractivity contribution in [1.29, 1.82) is 0 Å². The Balaban J connectivity index is 2.03. The van der Waals surface area contributed by atoms with Crippen LogP contribution in [-0.2, 0) is 34.7 Å². The molecule has 1 aliphatic rings. The molecule has 3 aromatic rings. The topological polar surface area (TPSA) is 107 Å². The van der Waals surface area contributed by atoms with Crippen LogP contribution in [0.4, 0.5) is 5.69 Å². The number of nitrogen functional groups attached to an aromatic ring is 1. The first-order valence-electron chi connectivity index (χ1n) is 11.4. The Hall–Kier alpha value is -2.84. The van der Waals surface area contributed by atoms with E-state index in [-0.39, 0.29) is 17.7 Å². The van der Waals surface area contributed by atoms with Gasteiger partial charge in [-0.1, -0.05) is 25.1 Å². The molecule has 0 saturated heterocycles. The second kappa shape index (κ2) is 8.74. The summed E-state index contributed by atoms with van der Waals surface area (Å²) in [5, 5.41) is 12.3. The second-order valence-corrected chi connectivity index (χ2v) is 14.6. The van der Waals surface area contributed by atoms with Crippen LogP contribution in [0.5, 0.6) is 0 Å². The lowest BCUT2D eigenvalue weighted by Crippen LogP contribution is -2.33. The lowest BCUT2D eigenvalue weighted by atomic mass is 9.87. The summed E-state index contributed by atoms with van der Waals surface area (Å²) in [5.74, 6) is 1.06. The van der Waals surface area contributed by atoms with Gasteiger partial charge in [-0.3, -0.25) is 9.59 Å². The first-order valence-corrected chi connectivity index (χ1v) is 14.4. The zero-order valence-corrected chi connectivity index (χ0v) is 21.3. The number of carbonyl (C=O) groups excluding carboxylic acids is 1. The lowest BCUT2D eigenvalue weighted by Gasteiger charge is -2.27. The Morgan fingerprint density at radius 3 is 2.62 bits per heavy atom. The van der Waals surface area contributed by atoms with Crippen molar-refractivity contribution in [2.24, 2.45) is 0 Å². The quantitative estimate of drug-likeness (QED) is 0.371. The molecule has 1 atom stereocenters. The number of aliphatic hydroxyl groups is 1. The number of nitrogens with two attached hydrogens (primary N) is 1. The Kier molecular flexibility index (Phi) is 6.25. The average Bonchev–Trinajstić information content (AvgIpc) is 3.17. The molecule has 0 amide bonds. The maximum Gasteiger partial charge on any atom is 0.293 e. The van der Waals surface area contributed by atoms with Crippen molar-refractivity contribution in [3.05, 3.63) is 56.9 Å². The van der Waals surface area contributed by atoms with E-state index in [2.05, 4.69) is 24.8 Å². The van der Waals surface area contributed by atoms with Gasteiger partial charge in [-0.25, -0.2) is 15.0 Å². The number of carbonyl (C=O) groups is 1. The van der Waals surface area contributed by atoms with Crippen molar-refractivity contribution in [3.63, 3.8) is 0 Å². The minimum absolute atomic E-state index is 0.207. The fraction of sp³-hybridized carbons (Fsp3) is 0.423. The van der Waals surface area contributed by atoms with Crippen LogP contribution in [0.25, 0.3) is 22.3 Å². The Morgan fingerprint density at radius 1 is 1.26 bits per heavy atom. The third-order valence-electron chi connectivity index (χ3n) is 6.74. The molecule has 8 heteroatoms. The smallest absolute Gasteiger partial charge is 0.293 e. The number of ether oxygens (including phenoxy) is 1. The number of aryl methyl sites for hydroxylation is 1. The predicted molar refractivity (Wildman–Crippen MR) is 140 cm³/mol. The van der Waals surface area contributed by atoms with Crippen LogP contribution in [0.15, 0.2) is 29.1 Å². The summed E-state index contributed by atoms with van der Waals surface area (Å²) in [5.41, 5.74) is 10.1. The molecule has 3 heterocycles. The van der Waals surface area contributed by atoms with Crippen molar-refractivity contribution in [1.82, 2.24) is 9.55 Å². The molecule has 0 saturated carbocycles. The number of aromatic nitrogens is 2. The maximum absolute atomic E-state index is 13.7. The van der Waals surface area contributed by atoms with E-state index in [1.54, 1.807) is 11.5 Å². The van der Waals surface area contributed by atoms with Gasteiger partial charge in [-0.2, -0.15) is 0 Å². The summed E-state index contributed by atoms with van der Waals surface area (Å²) >= 11 is 0. The van der Waals surface area contributed by atoms with Gasteiger partial charge >= 0.3 is 0 Å². The van der Waals surface area contributed by atoms with Crippen LogP contribution < -0.4 is 11.3 Å². The van der Waals surface area contributed by atoms with Gasteiger partial charge in [-0.15, -0.1) is 0 Å². The third kappa shape index (κ3) is 4.09. The largest absolute Gasteiger partial charge is 0.463 e. The van der Waals surface area contributed by atoms with E-state index in [0.717, 1.165) is 28.6 Å².